The van der Waals surface area contributed by atoms with E-state index in [1.807, 2.05) is 11.3 Å². The fraction of sp³-hybridized carbons (Fsp3) is 0.769. The van der Waals surface area contributed by atoms with Gasteiger partial charge in [-0.25, -0.2) is 4.98 Å². The highest BCUT2D eigenvalue weighted by atomic mass is 32.1. The first-order chi connectivity index (χ1) is 7.20. The Kier molecular flexibility index (Phi) is 3.45. The fourth-order valence-electron chi connectivity index (χ4n) is 2.43. The van der Waals surface area contributed by atoms with Crippen molar-refractivity contribution in [2.75, 3.05) is 0 Å². The molecule has 0 aliphatic heterocycles. The van der Waals surface area contributed by atoms with Gasteiger partial charge in [0.25, 0.3) is 0 Å². The number of hydrogen-bond acceptors (Lipinski definition) is 2. The predicted octanol–water partition coefficient (Wildman–Crippen LogP) is 4.56. The van der Waals surface area contributed by atoms with Gasteiger partial charge in [0.2, 0.25) is 0 Å². The van der Waals surface area contributed by atoms with E-state index >= 15 is 0 Å². The van der Waals surface area contributed by atoms with Crippen molar-refractivity contribution in [2.24, 2.45) is 5.92 Å². The zero-order valence-corrected chi connectivity index (χ0v) is 10.8. The maximum Gasteiger partial charge on any atom is 0.0958 e. The smallest absolute Gasteiger partial charge is 0.0958 e. The van der Waals surface area contributed by atoms with Crippen LogP contribution < -0.4 is 0 Å². The van der Waals surface area contributed by atoms with Gasteiger partial charge in [0.15, 0.2) is 0 Å². The zero-order valence-electron chi connectivity index (χ0n) is 9.99. The molecule has 1 aromatic rings. The van der Waals surface area contributed by atoms with E-state index in [0.29, 0.717) is 5.92 Å². The van der Waals surface area contributed by atoms with Crippen molar-refractivity contribution in [3.05, 3.63) is 16.1 Å². The van der Waals surface area contributed by atoms with Gasteiger partial charge in [0.1, 0.15) is 0 Å². The van der Waals surface area contributed by atoms with Crippen molar-refractivity contribution < 1.29 is 0 Å². The molecule has 84 valence electrons. The maximum atomic E-state index is 4.61. The Hall–Kier alpha value is -0.370. The summed E-state index contributed by atoms with van der Waals surface area (Å²) in [5.74, 6) is 2.37. The second kappa shape index (κ2) is 4.65. The summed E-state index contributed by atoms with van der Waals surface area (Å²) < 4.78 is 0. The van der Waals surface area contributed by atoms with Gasteiger partial charge in [-0.05, 0) is 31.1 Å². The molecule has 0 amide bonds. The van der Waals surface area contributed by atoms with Crippen molar-refractivity contribution in [2.45, 2.75) is 58.3 Å². The maximum absolute atomic E-state index is 4.61. The van der Waals surface area contributed by atoms with E-state index < -0.39 is 0 Å². The van der Waals surface area contributed by atoms with Crippen molar-refractivity contribution in [1.29, 1.82) is 0 Å². The van der Waals surface area contributed by atoms with Gasteiger partial charge < -0.3 is 0 Å². The topological polar surface area (TPSA) is 12.9 Å². The number of aromatic nitrogens is 1. The third-order valence-electron chi connectivity index (χ3n) is 3.58. The van der Waals surface area contributed by atoms with E-state index in [2.05, 4.69) is 32.0 Å². The average Bonchev–Trinajstić information content (AvgIpc) is 2.86. The molecule has 1 aliphatic carbocycles. The van der Waals surface area contributed by atoms with Crippen LogP contribution in [-0.4, -0.2) is 4.98 Å². The monoisotopic (exact) mass is 223 g/mol. The van der Waals surface area contributed by atoms with Gasteiger partial charge in [-0.15, -0.1) is 11.3 Å². The second-order valence-corrected chi connectivity index (χ2v) is 6.13. The van der Waals surface area contributed by atoms with E-state index in [4.69, 9.17) is 0 Å². The molecular weight excluding hydrogens is 202 g/mol. The minimum absolute atomic E-state index is 0.639. The van der Waals surface area contributed by atoms with E-state index in [1.165, 1.54) is 35.6 Å². The first-order valence-electron chi connectivity index (χ1n) is 6.16. The average molecular weight is 223 g/mol. The molecule has 1 heterocycles. The van der Waals surface area contributed by atoms with Gasteiger partial charge in [0.05, 0.1) is 5.01 Å². The van der Waals surface area contributed by atoms with Crippen LogP contribution in [-0.2, 0) is 0 Å². The molecule has 0 radical (unpaired) electrons. The van der Waals surface area contributed by atoms with Crippen LogP contribution in [0.1, 0.15) is 68.2 Å². The highest BCUT2D eigenvalue weighted by molar-refractivity contribution is 7.11. The Labute approximate surface area is 96.9 Å². The van der Waals surface area contributed by atoms with Crippen LogP contribution in [0.3, 0.4) is 0 Å². The molecule has 0 N–H and O–H groups in total. The first kappa shape index (κ1) is 11.1. The van der Waals surface area contributed by atoms with Gasteiger partial charge >= 0.3 is 0 Å². The third kappa shape index (κ3) is 2.41. The molecule has 2 atom stereocenters. The first-order valence-corrected chi connectivity index (χ1v) is 6.98. The van der Waals surface area contributed by atoms with Crippen LogP contribution in [0.2, 0.25) is 0 Å². The Morgan fingerprint density at radius 1 is 1.47 bits per heavy atom. The summed E-state index contributed by atoms with van der Waals surface area (Å²) >= 11 is 1.94. The Morgan fingerprint density at radius 2 is 2.27 bits per heavy atom. The highest BCUT2D eigenvalue weighted by Crippen LogP contribution is 2.41. The minimum atomic E-state index is 0.639. The summed E-state index contributed by atoms with van der Waals surface area (Å²) in [6.45, 7) is 6.82. The molecule has 1 aromatic heterocycles. The molecule has 2 unspecified atom stereocenters. The standard InChI is InChI=1S/C13H21NS/c1-4-10-5-6-11(7-10)13-14-8-12(15-13)9(2)3/h8-11H,4-7H2,1-3H3. The van der Waals surface area contributed by atoms with E-state index in [9.17, 15) is 0 Å². The van der Waals surface area contributed by atoms with Crippen LogP contribution in [0.4, 0.5) is 0 Å². The number of thiazole rings is 1. The molecule has 1 nitrogen and oxygen atoms in total. The Morgan fingerprint density at radius 3 is 2.80 bits per heavy atom. The molecule has 1 fully saturated rings. The lowest BCUT2D eigenvalue weighted by molar-refractivity contribution is 0.521. The lowest BCUT2D eigenvalue weighted by atomic mass is 10.0. The number of nitrogens with zero attached hydrogens (tertiary/aromatic N) is 1. The van der Waals surface area contributed by atoms with E-state index in [0.717, 1.165) is 11.8 Å². The Balaban J connectivity index is 2.04. The van der Waals surface area contributed by atoms with Crippen LogP contribution >= 0.6 is 11.3 Å². The highest BCUT2D eigenvalue weighted by Gasteiger charge is 2.26. The fourth-order valence-corrected chi connectivity index (χ4v) is 3.50. The van der Waals surface area contributed by atoms with E-state index in [1.54, 1.807) is 0 Å². The lowest BCUT2D eigenvalue weighted by Gasteiger charge is -2.06. The van der Waals surface area contributed by atoms with Crippen LogP contribution in [0.25, 0.3) is 0 Å². The molecule has 1 aliphatic rings. The van der Waals surface area contributed by atoms with Crippen molar-refractivity contribution in [3.8, 4) is 0 Å². The number of rotatable bonds is 3. The molecule has 2 rings (SSSR count). The lowest BCUT2D eigenvalue weighted by Crippen LogP contribution is -1.93. The molecular formula is C13H21NS. The van der Waals surface area contributed by atoms with Gasteiger partial charge in [-0.2, -0.15) is 0 Å². The normalized spacial score (nSPS) is 26.4. The third-order valence-corrected chi connectivity index (χ3v) is 5.04. The zero-order chi connectivity index (χ0) is 10.8. The minimum Gasteiger partial charge on any atom is -0.249 e. The molecule has 1 saturated carbocycles. The summed E-state index contributed by atoms with van der Waals surface area (Å²) in [5.41, 5.74) is 0. The van der Waals surface area contributed by atoms with Crippen LogP contribution in [0.5, 0.6) is 0 Å². The molecule has 0 spiro atoms. The van der Waals surface area contributed by atoms with Crippen molar-refractivity contribution >= 4 is 11.3 Å². The summed E-state index contributed by atoms with van der Waals surface area (Å²) in [6, 6.07) is 0. The number of hydrogen-bond donors (Lipinski definition) is 0. The SMILES string of the molecule is CCC1CCC(c2ncc(C(C)C)s2)C1. The molecule has 15 heavy (non-hydrogen) atoms. The molecule has 0 aromatic carbocycles. The molecule has 0 saturated heterocycles. The van der Waals surface area contributed by atoms with E-state index in [-0.39, 0.29) is 0 Å². The predicted molar refractivity (Wildman–Crippen MR) is 66.6 cm³/mol. The molecule has 0 bridgehead atoms. The largest absolute Gasteiger partial charge is 0.249 e. The summed E-state index contributed by atoms with van der Waals surface area (Å²) in [6.07, 6.45) is 7.59. The quantitative estimate of drug-likeness (QED) is 0.732. The van der Waals surface area contributed by atoms with Gasteiger partial charge in [-0.1, -0.05) is 27.2 Å². The second-order valence-electron chi connectivity index (χ2n) is 5.04. The summed E-state index contributed by atoms with van der Waals surface area (Å²) in [7, 11) is 0. The van der Waals surface area contributed by atoms with Crippen molar-refractivity contribution in [1.82, 2.24) is 4.98 Å². The van der Waals surface area contributed by atoms with Gasteiger partial charge in [-0.3, -0.25) is 0 Å². The van der Waals surface area contributed by atoms with Gasteiger partial charge in [0, 0.05) is 17.0 Å². The summed E-state index contributed by atoms with van der Waals surface area (Å²) in [4.78, 5) is 6.06. The summed E-state index contributed by atoms with van der Waals surface area (Å²) in [5, 5.41) is 1.40. The Bertz CT molecular complexity index is 316. The van der Waals surface area contributed by atoms with Crippen molar-refractivity contribution in [3.63, 3.8) is 0 Å². The molecule has 2 heteroatoms. The van der Waals surface area contributed by atoms with Crippen LogP contribution in [0.15, 0.2) is 6.20 Å². The van der Waals surface area contributed by atoms with Crippen LogP contribution in [0, 0.1) is 5.92 Å².